The van der Waals surface area contributed by atoms with Gasteiger partial charge in [0.05, 0.1) is 0 Å². The predicted molar refractivity (Wildman–Crippen MR) is 82.1 cm³/mol. The van der Waals surface area contributed by atoms with Gasteiger partial charge in [-0.25, -0.2) is 0 Å². The van der Waals surface area contributed by atoms with E-state index in [0.29, 0.717) is 18.6 Å². The molecule has 20 heavy (non-hydrogen) atoms. The first-order valence-electron chi connectivity index (χ1n) is 7.72. The second-order valence-corrected chi connectivity index (χ2v) is 6.12. The van der Waals surface area contributed by atoms with E-state index in [1.165, 1.54) is 31.2 Å². The number of aliphatic hydroxyl groups excluding tert-OH is 1. The molecule has 0 amide bonds. The molecule has 1 aliphatic carbocycles. The molecule has 3 heteroatoms. The van der Waals surface area contributed by atoms with Crippen LogP contribution in [-0.4, -0.2) is 30.9 Å². The fraction of sp³-hybridized carbons (Fsp3) is 0.647. The predicted octanol–water partition coefficient (Wildman–Crippen LogP) is 2.90. The van der Waals surface area contributed by atoms with E-state index in [0.717, 1.165) is 12.3 Å². The molecule has 0 aromatic heterocycles. The summed E-state index contributed by atoms with van der Waals surface area (Å²) in [6, 6.07) is 7.92. The molecule has 0 spiro atoms. The van der Waals surface area contributed by atoms with Crippen LogP contribution in [0.15, 0.2) is 24.3 Å². The standard InChI is InChI=1S/C17H27NO2/c1-3-17(8-5-9-17)13-18-11-15(19)12-20-16-7-4-6-14(2)10-16/h4,6-7,10,15,18-19H,3,5,8-9,11-13H2,1-2H3. The van der Waals surface area contributed by atoms with Crippen LogP contribution < -0.4 is 10.1 Å². The maximum absolute atomic E-state index is 9.95. The normalized spacial score (nSPS) is 18.4. The van der Waals surface area contributed by atoms with Gasteiger partial charge in [-0.3, -0.25) is 0 Å². The molecule has 1 saturated carbocycles. The molecule has 0 saturated heterocycles. The number of aliphatic hydroxyl groups is 1. The van der Waals surface area contributed by atoms with Gasteiger partial charge in [0.15, 0.2) is 0 Å². The molecule has 0 radical (unpaired) electrons. The molecule has 3 nitrogen and oxygen atoms in total. The Morgan fingerprint density at radius 2 is 2.20 bits per heavy atom. The molecule has 0 bridgehead atoms. The number of aryl methyl sites for hydroxylation is 1. The van der Waals surface area contributed by atoms with Crippen LogP contribution in [0.3, 0.4) is 0 Å². The molecule has 2 rings (SSSR count). The Balaban J connectivity index is 1.64. The summed E-state index contributed by atoms with van der Waals surface area (Å²) in [5, 5.41) is 13.3. The third kappa shape index (κ3) is 4.22. The summed E-state index contributed by atoms with van der Waals surface area (Å²) >= 11 is 0. The molecule has 1 aromatic carbocycles. The van der Waals surface area contributed by atoms with Gasteiger partial charge in [0.1, 0.15) is 18.5 Å². The largest absolute Gasteiger partial charge is 0.491 e. The molecule has 112 valence electrons. The number of ether oxygens (including phenoxy) is 1. The zero-order chi connectivity index (χ0) is 14.4. The number of benzene rings is 1. The number of hydrogen-bond donors (Lipinski definition) is 2. The van der Waals surface area contributed by atoms with Crippen LogP contribution >= 0.6 is 0 Å². The Morgan fingerprint density at radius 1 is 1.40 bits per heavy atom. The van der Waals surface area contributed by atoms with Gasteiger partial charge in [0, 0.05) is 13.1 Å². The molecular weight excluding hydrogens is 250 g/mol. The van der Waals surface area contributed by atoms with E-state index in [2.05, 4.69) is 12.2 Å². The van der Waals surface area contributed by atoms with Gasteiger partial charge in [-0.1, -0.05) is 25.5 Å². The summed E-state index contributed by atoms with van der Waals surface area (Å²) < 4.78 is 5.61. The van der Waals surface area contributed by atoms with Crippen molar-refractivity contribution in [2.45, 2.75) is 45.6 Å². The van der Waals surface area contributed by atoms with Crippen molar-refractivity contribution in [2.24, 2.45) is 5.41 Å². The van der Waals surface area contributed by atoms with Gasteiger partial charge < -0.3 is 15.2 Å². The lowest BCUT2D eigenvalue weighted by Crippen LogP contribution is -2.42. The lowest BCUT2D eigenvalue weighted by Gasteiger charge is -2.41. The van der Waals surface area contributed by atoms with E-state index < -0.39 is 6.10 Å². The van der Waals surface area contributed by atoms with Gasteiger partial charge >= 0.3 is 0 Å². The fourth-order valence-electron chi connectivity index (χ4n) is 2.79. The second kappa shape index (κ2) is 7.09. The molecule has 1 aromatic rings. The maximum atomic E-state index is 9.95. The molecule has 1 unspecified atom stereocenters. The number of rotatable bonds is 8. The third-order valence-electron chi connectivity index (χ3n) is 4.48. The molecular formula is C17H27NO2. The summed E-state index contributed by atoms with van der Waals surface area (Å²) in [5.74, 6) is 0.827. The van der Waals surface area contributed by atoms with E-state index in [1.807, 2.05) is 31.2 Å². The second-order valence-electron chi connectivity index (χ2n) is 6.12. The van der Waals surface area contributed by atoms with Crippen LogP contribution in [0, 0.1) is 12.3 Å². The van der Waals surface area contributed by atoms with Gasteiger partial charge in [0.2, 0.25) is 0 Å². The first-order valence-corrected chi connectivity index (χ1v) is 7.72. The van der Waals surface area contributed by atoms with Crippen LogP contribution in [0.25, 0.3) is 0 Å². The molecule has 1 aliphatic rings. The van der Waals surface area contributed by atoms with E-state index in [-0.39, 0.29) is 0 Å². The van der Waals surface area contributed by atoms with Gasteiger partial charge in [-0.05, 0) is 49.3 Å². The van der Waals surface area contributed by atoms with Crippen molar-refractivity contribution in [2.75, 3.05) is 19.7 Å². The first kappa shape index (κ1) is 15.3. The van der Waals surface area contributed by atoms with Crippen molar-refractivity contribution >= 4 is 0 Å². The lowest BCUT2D eigenvalue weighted by molar-refractivity contribution is 0.0869. The Bertz CT molecular complexity index is 410. The zero-order valence-corrected chi connectivity index (χ0v) is 12.7. The first-order chi connectivity index (χ1) is 9.63. The highest BCUT2D eigenvalue weighted by Crippen LogP contribution is 2.42. The van der Waals surface area contributed by atoms with Gasteiger partial charge in [0.25, 0.3) is 0 Å². The SMILES string of the molecule is CCC1(CNCC(O)COc2cccc(C)c2)CCC1. The smallest absolute Gasteiger partial charge is 0.119 e. The fourth-order valence-corrected chi connectivity index (χ4v) is 2.79. The van der Waals surface area contributed by atoms with Crippen molar-refractivity contribution < 1.29 is 9.84 Å². The minimum atomic E-state index is -0.454. The highest BCUT2D eigenvalue weighted by molar-refractivity contribution is 5.27. The van der Waals surface area contributed by atoms with Crippen molar-refractivity contribution in [3.8, 4) is 5.75 Å². The van der Waals surface area contributed by atoms with Crippen molar-refractivity contribution in [1.82, 2.24) is 5.32 Å². The number of hydrogen-bond acceptors (Lipinski definition) is 3. The minimum Gasteiger partial charge on any atom is -0.491 e. The van der Waals surface area contributed by atoms with Crippen LogP contribution in [-0.2, 0) is 0 Å². The maximum Gasteiger partial charge on any atom is 0.119 e. The zero-order valence-electron chi connectivity index (χ0n) is 12.7. The quantitative estimate of drug-likeness (QED) is 0.767. The Labute approximate surface area is 122 Å². The minimum absolute atomic E-state index is 0.343. The topological polar surface area (TPSA) is 41.5 Å². The molecule has 1 atom stereocenters. The monoisotopic (exact) mass is 277 g/mol. The molecule has 0 heterocycles. The average molecular weight is 277 g/mol. The molecule has 2 N–H and O–H groups in total. The summed E-state index contributed by atoms with van der Waals surface area (Å²) in [4.78, 5) is 0. The lowest BCUT2D eigenvalue weighted by atomic mass is 9.67. The van der Waals surface area contributed by atoms with Crippen molar-refractivity contribution in [3.63, 3.8) is 0 Å². The Morgan fingerprint density at radius 3 is 2.80 bits per heavy atom. The van der Waals surface area contributed by atoms with Crippen LogP contribution in [0.5, 0.6) is 5.75 Å². The number of nitrogens with one attached hydrogen (secondary N) is 1. The van der Waals surface area contributed by atoms with Crippen molar-refractivity contribution in [3.05, 3.63) is 29.8 Å². The van der Waals surface area contributed by atoms with Gasteiger partial charge in [-0.15, -0.1) is 0 Å². The highest BCUT2D eigenvalue weighted by Gasteiger charge is 2.34. The molecule has 0 aliphatic heterocycles. The Hall–Kier alpha value is -1.06. The van der Waals surface area contributed by atoms with Crippen LogP contribution in [0.1, 0.15) is 38.2 Å². The third-order valence-corrected chi connectivity index (χ3v) is 4.48. The molecule has 1 fully saturated rings. The van der Waals surface area contributed by atoms with E-state index in [4.69, 9.17) is 4.74 Å². The highest BCUT2D eigenvalue weighted by atomic mass is 16.5. The average Bonchev–Trinajstić information content (AvgIpc) is 2.40. The summed E-state index contributed by atoms with van der Waals surface area (Å²) in [7, 11) is 0. The van der Waals surface area contributed by atoms with E-state index in [1.54, 1.807) is 0 Å². The summed E-state index contributed by atoms with van der Waals surface area (Å²) in [5.41, 5.74) is 1.67. The van der Waals surface area contributed by atoms with Crippen LogP contribution in [0.4, 0.5) is 0 Å². The van der Waals surface area contributed by atoms with Gasteiger partial charge in [-0.2, -0.15) is 0 Å². The summed E-state index contributed by atoms with van der Waals surface area (Å²) in [6.07, 6.45) is 4.79. The van der Waals surface area contributed by atoms with Crippen LogP contribution in [0.2, 0.25) is 0 Å². The summed E-state index contributed by atoms with van der Waals surface area (Å²) in [6.45, 7) is 6.26. The Kier molecular flexibility index (Phi) is 5.44. The van der Waals surface area contributed by atoms with E-state index in [9.17, 15) is 5.11 Å². The van der Waals surface area contributed by atoms with E-state index >= 15 is 0 Å². The van der Waals surface area contributed by atoms with Crippen molar-refractivity contribution in [1.29, 1.82) is 0 Å².